The van der Waals surface area contributed by atoms with Gasteiger partial charge >= 0.3 is 0 Å². The zero-order chi connectivity index (χ0) is 23.3. The zero-order valence-electron chi connectivity index (χ0n) is 19.1. The molecule has 3 aromatic carbocycles. The van der Waals surface area contributed by atoms with Gasteiger partial charge in [0.05, 0.1) is 30.5 Å². The van der Waals surface area contributed by atoms with E-state index in [0.717, 1.165) is 59.6 Å². The van der Waals surface area contributed by atoms with E-state index in [-0.39, 0.29) is 12.5 Å². The van der Waals surface area contributed by atoms with Crippen LogP contribution in [0.25, 0.3) is 21.0 Å². The standard InChI is InChI=1S/C26H27N3O4S/c1-31-21-8-9-24-23(17-21)27-26(34-24)29(11-10-28-12-14-32-15-13-28)25(30)18-33-22-7-6-19-4-2-3-5-20(19)16-22/h2-9,16-17H,10-15,18H2,1H3. The molecule has 0 saturated carbocycles. The number of hydrogen-bond donors (Lipinski definition) is 0. The van der Waals surface area contributed by atoms with Crippen molar-refractivity contribution < 1.29 is 19.0 Å². The van der Waals surface area contributed by atoms with Crippen molar-refractivity contribution >= 4 is 43.4 Å². The Morgan fingerprint density at radius 2 is 1.85 bits per heavy atom. The summed E-state index contributed by atoms with van der Waals surface area (Å²) in [4.78, 5) is 22.2. The van der Waals surface area contributed by atoms with Crippen LogP contribution in [0.4, 0.5) is 5.13 Å². The molecule has 0 atom stereocenters. The fraction of sp³-hybridized carbons (Fsp3) is 0.308. The number of thiazole rings is 1. The van der Waals surface area contributed by atoms with Gasteiger partial charge in [-0.05, 0) is 35.0 Å². The molecule has 0 radical (unpaired) electrons. The molecule has 34 heavy (non-hydrogen) atoms. The van der Waals surface area contributed by atoms with E-state index in [1.807, 2.05) is 54.6 Å². The van der Waals surface area contributed by atoms with Crippen molar-refractivity contribution in [1.82, 2.24) is 9.88 Å². The van der Waals surface area contributed by atoms with Gasteiger partial charge in [0.2, 0.25) is 0 Å². The number of hydrogen-bond acceptors (Lipinski definition) is 7. The average Bonchev–Trinajstić information content (AvgIpc) is 3.31. The number of carbonyl (C=O) groups is 1. The molecule has 4 aromatic rings. The molecule has 1 aliphatic rings. The van der Waals surface area contributed by atoms with Crippen LogP contribution in [-0.2, 0) is 9.53 Å². The quantitative estimate of drug-likeness (QED) is 0.379. The second kappa shape index (κ2) is 10.4. The van der Waals surface area contributed by atoms with Crippen molar-refractivity contribution in [2.75, 3.05) is 58.0 Å². The van der Waals surface area contributed by atoms with Crippen LogP contribution in [0, 0.1) is 0 Å². The van der Waals surface area contributed by atoms with Crippen LogP contribution in [-0.4, -0.2) is 68.9 Å². The van der Waals surface area contributed by atoms with Crippen LogP contribution in [0.3, 0.4) is 0 Å². The van der Waals surface area contributed by atoms with Crippen LogP contribution in [0.5, 0.6) is 11.5 Å². The molecular weight excluding hydrogens is 450 g/mol. The minimum Gasteiger partial charge on any atom is -0.497 e. The number of rotatable bonds is 8. The predicted octanol–water partition coefficient (Wildman–Crippen LogP) is 4.20. The molecule has 176 valence electrons. The molecule has 8 heteroatoms. The van der Waals surface area contributed by atoms with Crippen molar-refractivity contribution in [3.8, 4) is 11.5 Å². The maximum absolute atomic E-state index is 13.4. The van der Waals surface area contributed by atoms with E-state index in [9.17, 15) is 4.79 Å². The summed E-state index contributed by atoms with van der Waals surface area (Å²) in [6, 6.07) is 19.7. The number of amides is 1. The molecule has 1 saturated heterocycles. The molecule has 5 rings (SSSR count). The summed E-state index contributed by atoms with van der Waals surface area (Å²) in [5, 5.41) is 2.89. The number of fused-ring (bicyclic) bond motifs is 2. The van der Waals surface area contributed by atoms with E-state index in [0.29, 0.717) is 17.4 Å². The first-order chi connectivity index (χ1) is 16.7. The van der Waals surface area contributed by atoms with E-state index in [2.05, 4.69) is 11.0 Å². The number of aromatic nitrogens is 1. The molecule has 1 amide bonds. The first-order valence-corrected chi connectivity index (χ1v) is 12.2. The lowest BCUT2D eigenvalue weighted by Crippen LogP contribution is -2.44. The van der Waals surface area contributed by atoms with Crippen LogP contribution in [0.1, 0.15) is 0 Å². The lowest BCUT2D eigenvalue weighted by Gasteiger charge is -2.29. The van der Waals surface area contributed by atoms with Gasteiger partial charge < -0.3 is 14.2 Å². The number of anilines is 1. The molecule has 0 bridgehead atoms. The number of nitrogens with zero attached hydrogens (tertiary/aromatic N) is 3. The van der Waals surface area contributed by atoms with E-state index < -0.39 is 0 Å². The smallest absolute Gasteiger partial charge is 0.266 e. The first kappa shape index (κ1) is 22.6. The molecule has 7 nitrogen and oxygen atoms in total. The maximum Gasteiger partial charge on any atom is 0.266 e. The Kier molecular flexibility index (Phi) is 6.89. The molecule has 0 unspecified atom stereocenters. The highest BCUT2D eigenvalue weighted by Crippen LogP contribution is 2.31. The third-order valence-electron chi connectivity index (χ3n) is 5.94. The highest BCUT2D eigenvalue weighted by atomic mass is 32.1. The maximum atomic E-state index is 13.4. The number of benzene rings is 3. The van der Waals surface area contributed by atoms with E-state index >= 15 is 0 Å². The Balaban J connectivity index is 1.34. The minimum atomic E-state index is -0.118. The lowest BCUT2D eigenvalue weighted by atomic mass is 10.1. The number of morpholine rings is 1. The van der Waals surface area contributed by atoms with Crippen molar-refractivity contribution in [2.24, 2.45) is 0 Å². The van der Waals surface area contributed by atoms with Gasteiger partial charge in [0, 0.05) is 32.2 Å². The van der Waals surface area contributed by atoms with E-state index in [1.165, 1.54) is 11.3 Å². The molecule has 0 spiro atoms. The zero-order valence-corrected chi connectivity index (χ0v) is 19.9. The van der Waals surface area contributed by atoms with Crippen LogP contribution >= 0.6 is 11.3 Å². The van der Waals surface area contributed by atoms with Gasteiger partial charge in [-0.15, -0.1) is 0 Å². The van der Waals surface area contributed by atoms with Gasteiger partial charge in [-0.1, -0.05) is 41.7 Å². The molecule has 1 aromatic heterocycles. The fourth-order valence-electron chi connectivity index (χ4n) is 4.01. The van der Waals surface area contributed by atoms with E-state index in [4.69, 9.17) is 19.2 Å². The summed E-state index contributed by atoms with van der Waals surface area (Å²) in [5.74, 6) is 1.30. The largest absolute Gasteiger partial charge is 0.497 e. The van der Waals surface area contributed by atoms with Gasteiger partial charge in [-0.3, -0.25) is 14.6 Å². The van der Waals surface area contributed by atoms with Gasteiger partial charge in [0.15, 0.2) is 11.7 Å². The first-order valence-electron chi connectivity index (χ1n) is 11.4. The third-order valence-corrected chi connectivity index (χ3v) is 7.00. The summed E-state index contributed by atoms with van der Waals surface area (Å²) in [6.07, 6.45) is 0. The molecule has 1 aliphatic heterocycles. The molecule has 0 N–H and O–H groups in total. The van der Waals surface area contributed by atoms with Gasteiger partial charge in [0.25, 0.3) is 5.91 Å². The highest BCUT2D eigenvalue weighted by molar-refractivity contribution is 7.22. The van der Waals surface area contributed by atoms with Gasteiger partial charge in [-0.25, -0.2) is 4.98 Å². The number of ether oxygens (including phenoxy) is 3. The predicted molar refractivity (Wildman–Crippen MR) is 135 cm³/mol. The summed E-state index contributed by atoms with van der Waals surface area (Å²) >= 11 is 1.50. The van der Waals surface area contributed by atoms with Crippen molar-refractivity contribution in [3.63, 3.8) is 0 Å². The van der Waals surface area contributed by atoms with Crippen molar-refractivity contribution in [1.29, 1.82) is 0 Å². The summed E-state index contributed by atoms with van der Waals surface area (Å²) in [5.41, 5.74) is 0.818. The lowest BCUT2D eigenvalue weighted by molar-refractivity contribution is -0.120. The summed E-state index contributed by atoms with van der Waals surface area (Å²) < 4.78 is 17.7. The molecule has 2 heterocycles. The molecule has 1 fully saturated rings. The second-order valence-electron chi connectivity index (χ2n) is 8.13. The Hall–Kier alpha value is -3.20. The Morgan fingerprint density at radius 3 is 2.68 bits per heavy atom. The topological polar surface area (TPSA) is 64.1 Å². The highest BCUT2D eigenvalue weighted by Gasteiger charge is 2.22. The Morgan fingerprint density at radius 1 is 1.06 bits per heavy atom. The summed E-state index contributed by atoms with van der Waals surface area (Å²) in [7, 11) is 1.64. The Labute approximate surface area is 202 Å². The summed E-state index contributed by atoms with van der Waals surface area (Å²) in [6.45, 7) is 4.42. The Bertz CT molecular complexity index is 1290. The van der Waals surface area contributed by atoms with Crippen molar-refractivity contribution in [3.05, 3.63) is 60.7 Å². The molecular formula is C26H27N3O4S. The SMILES string of the molecule is COc1ccc2sc(N(CCN3CCOCC3)C(=O)COc3ccc4ccccc4c3)nc2c1. The normalized spacial score (nSPS) is 14.4. The van der Waals surface area contributed by atoms with Gasteiger partial charge in [0.1, 0.15) is 11.5 Å². The van der Waals surface area contributed by atoms with Crippen LogP contribution < -0.4 is 14.4 Å². The fourth-order valence-corrected chi connectivity index (χ4v) is 5.00. The number of carbonyl (C=O) groups excluding carboxylic acids is 1. The monoisotopic (exact) mass is 477 g/mol. The van der Waals surface area contributed by atoms with Crippen molar-refractivity contribution in [2.45, 2.75) is 0 Å². The third kappa shape index (κ3) is 5.14. The van der Waals surface area contributed by atoms with Crippen LogP contribution in [0.15, 0.2) is 60.7 Å². The minimum absolute atomic E-state index is 0.0549. The van der Waals surface area contributed by atoms with Gasteiger partial charge in [-0.2, -0.15) is 0 Å². The number of methoxy groups -OCH3 is 1. The van der Waals surface area contributed by atoms with E-state index in [1.54, 1.807) is 12.0 Å². The second-order valence-corrected chi connectivity index (χ2v) is 9.14. The average molecular weight is 478 g/mol. The van der Waals surface area contributed by atoms with Crippen LogP contribution in [0.2, 0.25) is 0 Å². The molecule has 0 aliphatic carbocycles.